The molecule has 0 aromatic heterocycles. The smallest absolute Gasteiger partial charge is 0.294 e. The number of halogens is 2. The van der Waals surface area contributed by atoms with Gasteiger partial charge in [-0.2, -0.15) is 0 Å². The zero-order valence-electron chi connectivity index (χ0n) is 17.3. The van der Waals surface area contributed by atoms with E-state index in [-0.39, 0.29) is 11.4 Å². The zero-order valence-corrected chi connectivity index (χ0v) is 22.4. The number of carbonyl (C=O) groups excluding carboxylic acids is 3. The molecule has 1 N–H and O–H groups in total. The molecule has 1 fully saturated rings. The van der Waals surface area contributed by atoms with Gasteiger partial charge in [0.25, 0.3) is 11.1 Å². The van der Waals surface area contributed by atoms with E-state index < -0.39 is 17.1 Å². The van der Waals surface area contributed by atoms with E-state index in [1.54, 1.807) is 30.3 Å². The number of rotatable bonds is 8. The molecule has 2 aromatic rings. The molecule has 0 aliphatic carbocycles. The Labute approximate surface area is 217 Å². The summed E-state index contributed by atoms with van der Waals surface area (Å²) < 4.78 is 12.8. The molecule has 0 atom stereocenters. The number of nitrogens with zero attached hydrogens (tertiary/aromatic N) is 1. The number of amides is 3. The van der Waals surface area contributed by atoms with Crippen LogP contribution in [-0.4, -0.2) is 41.7 Å². The lowest BCUT2D eigenvalue weighted by atomic mass is 10.2. The third-order valence-electron chi connectivity index (χ3n) is 4.23. The van der Waals surface area contributed by atoms with Crippen molar-refractivity contribution in [3.05, 3.63) is 54.0 Å². The first-order valence-electron chi connectivity index (χ1n) is 9.72. The lowest BCUT2D eigenvalue weighted by Gasteiger charge is -2.13. The lowest BCUT2D eigenvalue weighted by Crippen LogP contribution is -2.36. The molecule has 0 bridgehead atoms. The Morgan fingerprint density at radius 1 is 1.06 bits per heavy atom. The molecule has 7 nitrogen and oxygen atoms in total. The van der Waals surface area contributed by atoms with E-state index in [2.05, 4.69) is 50.5 Å². The number of imide groups is 1. The number of benzene rings is 2. The Hall–Kier alpha value is -1.80. The van der Waals surface area contributed by atoms with Crippen molar-refractivity contribution in [1.29, 1.82) is 0 Å². The summed E-state index contributed by atoms with van der Waals surface area (Å²) in [4.78, 5) is 38.7. The van der Waals surface area contributed by atoms with Crippen molar-refractivity contribution >= 4 is 85.8 Å². The maximum Gasteiger partial charge on any atom is 0.294 e. The van der Waals surface area contributed by atoms with Gasteiger partial charge in [0.1, 0.15) is 18.0 Å². The summed E-state index contributed by atoms with van der Waals surface area (Å²) in [6.45, 7) is 4.56. The maximum atomic E-state index is 12.8. The predicted molar refractivity (Wildman–Crippen MR) is 142 cm³/mol. The van der Waals surface area contributed by atoms with Crippen LogP contribution in [0.1, 0.15) is 19.4 Å². The Morgan fingerprint density at radius 3 is 2.28 bits per heavy atom. The Morgan fingerprint density at radius 2 is 1.69 bits per heavy atom. The van der Waals surface area contributed by atoms with Crippen LogP contribution in [0.15, 0.2) is 41.3 Å². The number of hydrogen-bond acceptors (Lipinski definition) is 6. The minimum absolute atomic E-state index is 0.277. The van der Waals surface area contributed by atoms with E-state index in [1.807, 2.05) is 26.0 Å². The third kappa shape index (κ3) is 6.16. The normalized spacial score (nSPS) is 14.8. The second-order valence-electron chi connectivity index (χ2n) is 6.52. The van der Waals surface area contributed by atoms with E-state index in [0.29, 0.717) is 24.7 Å². The van der Waals surface area contributed by atoms with E-state index in [9.17, 15) is 14.4 Å². The molecule has 0 saturated carbocycles. The first-order valence-corrected chi connectivity index (χ1v) is 12.7. The SMILES string of the molecule is CCOc1ccc(NC(=O)CN2C(=O)S/C(=C/c3cc(I)c(OCC)c(I)c3)C2=O)cc1. The molecule has 32 heavy (non-hydrogen) atoms. The molecule has 1 saturated heterocycles. The molecular weight excluding hydrogens is 658 g/mol. The van der Waals surface area contributed by atoms with Crippen LogP contribution in [0.25, 0.3) is 6.08 Å². The van der Waals surface area contributed by atoms with Crippen LogP contribution in [-0.2, 0) is 9.59 Å². The number of anilines is 1. The number of ether oxygens (including phenoxy) is 2. The Kier molecular flexibility index (Phi) is 8.82. The van der Waals surface area contributed by atoms with Gasteiger partial charge in [0.15, 0.2) is 0 Å². The van der Waals surface area contributed by atoms with Gasteiger partial charge in [-0.3, -0.25) is 19.3 Å². The Bertz CT molecular complexity index is 1050. The second-order valence-corrected chi connectivity index (χ2v) is 9.84. The summed E-state index contributed by atoms with van der Waals surface area (Å²) in [5, 5.41) is 2.22. The fraction of sp³-hybridized carbons (Fsp3) is 0.227. The highest BCUT2D eigenvalue weighted by Gasteiger charge is 2.36. The van der Waals surface area contributed by atoms with Crippen LogP contribution in [0.4, 0.5) is 10.5 Å². The third-order valence-corrected chi connectivity index (χ3v) is 6.74. The van der Waals surface area contributed by atoms with Crippen LogP contribution < -0.4 is 14.8 Å². The molecule has 168 valence electrons. The second kappa shape index (κ2) is 11.4. The predicted octanol–water partition coefficient (Wildman–Crippen LogP) is 5.37. The van der Waals surface area contributed by atoms with Gasteiger partial charge in [0.05, 0.1) is 25.3 Å². The molecule has 0 unspecified atom stereocenters. The van der Waals surface area contributed by atoms with Crippen LogP contribution >= 0.6 is 56.9 Å². The van der Waals surface area contributed by atoms with Gasteiger partial charge in [0.2, 0.25) is 5.91 Å². The highest BCUT2D eigenvalue weighted by Crippen LogP contribution is 2.34. The molecule has 3 amide bonds. The summed E-state index contributed by atoms with van der Waals surface area (Å²) in [6.07, 6.45) is 1.66. The molecule has 0 spiro atoms. The van der Waals surface area contributed by atoms with Crippen LogP contribution in [0.2, 0.25) is 0 Å². The quantitative estimate of drug-likeness (QED) is 0.299. The van der Waals surface area contributed by atoms with Gasteiger partial charge in [-0.15, -0.1) is 0 Å². The summed E-state index contributed by atoms with van der Waals surface area (Å²) >= 11 is 5.18. The number of hydrogen-bond donors (Lipinski definition) is 1. The average molecular weight is 678 g/mol. The molecule has 2 aromatic carbocycles. The number of carbonyl (C=O) groups is 3. The van der Waals surface area contributed by atoms with Gasteiger partial charge in [0, 0.05) is 5.69 Å². The van der Waals surface area contributed by atoms with Crippen molar-refractivity contribution in [2.45, 2.75) is 13.8 Å². The van der Waals surface area contributed by atoms with Crippen LogP contribution in [0, 0.1) is 7.14 Å². The lowest BCUT2D eigenvalue weighted by molar-refractivity contribution is -0.127. The molecule has 0 radical (unpaired) electrons. The monoisotopic (exact) mass is 678 g/mol. The largest absolute Gasteiger partial charge is 0.494 e. The molecule has 3 rings (SSSR count). The summed E-state index contributed by atoms with van der Waals surface area (Å²) in [5.41, 5.74) is 1.34. The summed E-state index contributed by atoms with van der Waals surface area (Å²) in [6, 6.07) is 10.7. The fourth-order valence-corrected chi connectivity index (χ4v) is 5.84. The summed E-state index contributed by atoms with van der Waals surface area (Å²) in [7, 11) is 0. The minimum Gasteiger partial charge on any atom is -0.494 e. The number of thioether (sulfide) groups is 1. The van der Waals surface area contributed by atoms with Crippen molar-refractivity contribution in [2.75, 3.05) is 25.1 Å². The van der Waals surface area contributed by atoms with Crippen LogP contribution in [0.3, 0.4) is 0 Å². The van der Waals surface area contributed by atoms with E-state index in [1.165, 1.54) is 0 Å². The standard InChI is InChI=1S/C22H20I2N2O5S/c1-3-30-15-7-5-14(6-8-15)25-19(27)12-26-21(28)18(32-22(26)29)11-13-9-16(23)20(31-4-2)17(24)10-13/h5-11H,3-4,12H2,1-2H3,(H,25,27)/b18-11+. The van der Waals surface area contributed by atoms with Gasteiger partial charge in [-0.05, 0) is 119 Å². The van der Waals surface area contributed by atoms with Crippen molar-refractivity contribution in [3.63, 3.8) is 0 Å². The summed E-state index contributed by atoms with van der Waals surface area (Å²) in [5.74, 6) is 0.550. The zero-order chi connectivity index (χ0) is 23.3. The fourth-order valence-electron chi connectivity index (χ4n) is 2.88. The highest BCUT2D eigenvalue weighted by molar-refractivity contribution is 14.1. The first kappa shape index (κ1) is 24.8. The Balaban J connectivity index is 1.68. The van der Waals surface area contributed by atoms with Crippen molar-refractivity contribution in [2.24, 2.45) is 0 Å². The van der Waals surface area contributed by atoms with E-state index in [0.717, 1.165) is 35.1 Å². The molecule has 10 heteroatoms. The molecular formula is C22H20I2N2O5S. The van der Waals surface area contributed by atoms with Crippen molar-refractivity contribution < 1.29 is 23.9 Å². The molecule has 1 aliphatic rings. The number of nitrogens with one attached hydrogen (secondary N) is 1. The van der Waals surface area contributed by atoms with Gasteiger partial charge < -0.3 is 14.8 Å². The highest BCUT2D eigenvalue weighted by atomic mass is 127. The van der Waals surface area contributed by atoms with Crippen molar-refractivity contribution in [3.8, 4) is 11.5 Å². The minimum atomic E-state index is -0.485. The maximum absolute atomic E-state index is 12.8. The topological polar surface area (TPSA) is 84.9 Å². The first-order chi connectivity index (χ1) is 15.3. The van der Waals surface area contributed by atoms with E-state index >= 15 is 0 Å². The van der Waals surface area contributed by atoms with Crippen molar-refractivity contribution in [1.82, 2.24) is 4.90 Å². The molecule has 1 heterocycles. The molecule has 1 aliphatic heterocycles. The van der Waals surface area contributed by atoms with Gasteiger partial charge in [-0.25, -0.2) is 0 Å². The van der Waals surface area contributed by atoms with Crippen LogP contribution in [0.5, 0.6) is 11.5 Å². The average Bonchev–Trinajstić information content (AvgIpc) is 2.99. The van der Waals surface area contributed by atoms with Gasteiger partial charge in [-0.1, -0.05) is 0 Å². The van der Waals surface area contributed by atoms with E-state index in [4.69, 9.17) is 9.47 Å². The van der Waals surface area contributed by atoms with Gasteiger partial charge >= 0.3 is 0 Å².